The molecule has 1 aliphatic rings. The van der Waals surface area contributed by atoms with E-state index in [2.05, 4.69) is 34.4 Å². The SMILES string of the molecule is CC(C)CCNc1cc(NC2CCS(=O)(=O)C2)ncn1. The van der Waals surface area contributed by atoms with Gasteiger partial charge in [-0.1, -0.05) is 13.8 Å². The third kappa shape index (κ3) is 4.63. The highest BCUT2D eigenvalue weighted by Crippen LogP contribution is 2.17. The van der Waals surface area contributed by atoms with Gasteiger partial charge in [-0.25, -0.2) is 18.4 Å². The van der Waals surface area contributed by atoms with Crippen molar-refractivity contribution < 1.29 is 8.42 Å². The van der Waals surface area contributed by atoms with Gasteiger partial charge in [-0.15, -0.1) is 0 Å². The van der Waals surface area contributed by atoms with E-state index in [0.717, 1.165) is 18.8 Å². The van der Waals surface area contributed by atoms with Crippen molar-refractivity contribution in [3.8, 4) is 0 Å². The van der Waals surface area contributed by atoms with Crippen molar-refractivity contribution in [3.05, 3.63) is 12.4 Å². The van der Waals surface area contributed by atoms with Gasteiger partial charge in [0, 0.05) is 18.7 Å². The lowest BCUT2D eigenvalue weighted by molar-refractivity contribution is 0.602. The maximum atomic E-state index is 11.4. The van der Waals surface area contributed by atoms with Crippen molar-refractivity contribution >= 4 is 21.5 Å². The molecule has 0 amide bonds. The summed E-state index contributed by atoms with van der Waals surface area (Å²) < 4.78 is 22.8. The largest absolute Gasteiger partial charge is 0.370 e. The van der Waals surface area contributed by atoms with E-state index in [-0.39, 0.29) is 17.5 Å². The van der Waals surface area contributed by atoms with Crippen LogP contribution in [0.1, 0.15) is 26.7 Å². The Labute approximate surface area is 120 Å². The van der Waals surface area contributed by atoms with E-state index in [1.54, 1.807) is 0 Å². The average Bonchev–Trinajstić information content (AvgIpc) is 2.68. The summed E-state index contributed by atoms with van der Waals surface area (Å²) in [5, 5.41) is 6.41. The lowest BCUT2D eigenvalue weighted by Gasteiger charge is -2.12. The molecule has 7 heteroatoms. The Morgan fingerprint density at radius 1 is 1.35 bits per heavy atom. The van der Waals surface area contributed by atoms with Gasteiger partial charge in [0.25, 0.3) is 0 Å². The van der Waals surface area contributed by atoms with Crippen LogP contribution in [0.2, 0.25) is 0 Å². The molecule has 20 heavy (non-hydrogen) atoms. The molecular formula is C13H22N4O2S. The first-order chi connectivity index (χ1) is 9.44. The van der Waals surface area contributed by atoms with Gasteiger partial charge in [-0.05, 0) is 18.8 Å². The Morgan fingerprint density at radius 3 is 2.75 bits per heavy atom. The first-order valence-corrected chi connectivity index (χ1v) is 8.79. The fourth-order valence-corrected chi connectivity index (χ4v) is 3.81. The molecular weight excluding hydrogens is 276 g/mol. The van der Waals surface area contributed by atoms with E-state index in [9.17, 15) is 8.42 Å². The molecule has 6 nitrogen and oxygen atoms in total. The molecule has 1 saturated heterocycles. The summed E-state index contributed by atoms with van der Waals surface area (Å²) >= 11 is 0. The van der Waals surface area contributed by atoms with Gasteiger partial charge in [0.2, 0.25) is 0 Å². The minimum absolute atomic E-state index is 0.0431. The van der Waals surface area contributed by atoms with E-state index >= 15 is 0 Å². The van der Waals surface area contributed by atoms with Crippen LogP contribution in [0.5, 0.6) is 0 Å². The van der Waals surface area contributed by atoms with Crippen LogP contribution >= 0.6 is 0 Å². The normalized spacial score (nSPS) is 21.1. The van der Waals surface area contributed by atoms with Crippen molar-refractivity contribution in [2.45, 2.75) is 32.7 Å². The zero-order valence-corrected chi connectivity index (χ0v) is 12.8. The second-order valence-corrected chi connectivity index (χ2v) is 7.87. The summed E-state index contributed by atoms with van der Waals surface area (Å²) in [5.74, 6) is 2.53. The molecule has 112 valence electrons. The molecule has 2 rings (SSSR count). The van der Waals surface area contributed by atoms with Crippen molar-refractivity contribution in [1.82, 2.24) is 9.97 Å². The number of hydrogen-bond acceptors (Lipinski definition) is 6. The van der Waals surface area contributed by atoms with Gasteiger partial charge in [-0.2, -0.15) is 0 Å². The van der Waals surface area contributed by atoms with Crippen LogP contribution in [0.15, 0.2) is 12.4 Å². The minimum atomic E-state index is -2.87. The summed E-state index contributed by atoms with van der Waals surface area (Å²) in [4.78, 5) is 8.30. The monoisotopic (exact) mass is 298 g/mol. The van der Waals surface area contributed by atoms with Gasteiger partial charge in [0.15, 0.2) is 9.84 Å². The predicted molar refractivity (Wildman–Crippen MR) is 80.7 cm³/mol. The quantitative estimate of drug-likeness (QED) is 0.828. The Kier molecular flexibility index (Phi) is 4.80. The molecule has 1 aromatic rings. The van der Waals surface area contributed by atoms with Gasteiger partial charge < -0.3 is 10.6 Å². The molecule has 0 saturated carbocycles. The van der Waals surface area contributed by atoms with E-state index < -0.39 is 9.84 Å². The van der Waals surface area contributed by atoms with Gasteiger partial charge in [-0.3, -0.25) is 0 Å². The molecule has 2 heterocycles. The van der Waals surface area contributed by atoms with Crippen LogP contribution in [-0.2, 0) is 9.84 Å². The van der Waals surface area contributed by atoms with Crippen LogP contribution in [0, 0.1) is 5.92 Å². The number of anilines is 2. The Balaban J connectivity index is 1.89. The molecule has 1 unspecified atom stereocenters. The highest BCUT2D eigenvalue weighted by Gasteiger charge is 2.27. The summed E-state index contributed by atoms with van der Waals surface area (Å²) in [7, 11) is -2.87. The minimum Gasteiger partial charge on any atom is -0.370 e. The number of nitrogens with zero attached hydrogens (tertiary/aromatic N) is 2. The molecule has 0 radical (unpaired) electrons. The zero-order valence-electron chi connectivity index (χ0n) is 12.0. The third-order valence-electron chi connectivity index (χ3n) is 3.28. The Hall–Kier alpha value is -1.37. The maximum absolute atomic E-state index is 11.4. The second kappa shape index (κ2) is 6.39. The number of sulfone groups is 1. The van der Waals surface area contributed by atoms with Gasteiger partial charge in [0.1, 0.15) is 18.0 Å². The standard InChI is InChI=1S/C13H22N4O2S/c1-10(2)3-5-14-12-7-13(16-9-15-12)17-11-4-6-20(18,19)8-11/h7,9-11H,3-6,8H2,1-2H3,(H2,14,15,16,17). The van der Waals surface area contributed by atoms with Gasteiger partial charge >= 0.3 is 0 Å². The molecule has 1 atom stereocenters. The molecule has 1 fully saturated rings. The van der Waals surface area contributed by atoms with Crippen molar-refractivity contribution in [2.24, 2.45) is 5.92 Å². The first-order valence-electron chi connectivity index (χ1n) is 6.97. The van der Waals surface area contributed by atoms with Crippen LogP contribution in [-0.4, -0.2) is 42.5 Å². The summed E-state index contributed by atoms with van der Waals surface area (Å²) in [6.45, 7) is 5.22. The van der Waals surface area contributed by atoms with E-state index in [1.807, 2.05) is 6.07 Å². The molecule has 1 aliphatic heterocycles. The number of hydrogen-bond donors (Lipinski definition) is 2. The topological polar surface area (TPSA) is 84.0 Å². The molecule has 0 spiro atoms. The summed E-state index contributed by atoms with van der Waals surface area (Å²) in [6.07, 6.45) is 3.21. The lowest BCUT2D eigenvalue weighted by Crippen LogP contribution is -2.21. The van der Waals surface area contributed by atoms with Crippen LogP contribution in [0.3, 0.4) is 0 Å². The lowest BCUT2D eigenvalue weighted by atomic mass is 10.1. The van der Waals surface area contributed by atoms with Crippen molar-refractivity contribution in [1.29, 1.82) is 0 Å². The number of aromatic nitrogens is 2. The van der Waals surface area contributed by atoms with E-state index in [1.165, 1.54) is 6.33 Å². The molecule has 0 aliphatic carbocycles. The van der Waals surface area contributed by atoms with E-state index in [4.69, 9.17) is 0 Å². The highest BCUT2D eigenvalue weighted by atomic mass is 32.2. The Bertz CT molecular complexity index is 545. The predicted octanol–water partition coefficient (Wildman–Crippen LogP) is 1.53. The van der Waals surface area contributed by atoms with Crippen molar-refractivity contribution in [2.75, 3.05) is 28.7 Å². The molecule has 1 aromatic heterocycles. The fraction of sp³-hybridized carbons (Fsp3) is 0.692. The Morgan fingerprint density at radius 2 is 2.10 bits per heavy atom. The zero-order chi connectivity index (χ0) is 14.6. The second-order valence-electron chi connectivity index (χ2n) is 5.64. The third-order valence-corrected chi connectivity index (χ3v) is 5.05. The summed E-state index contributed by atoms with van der Waals surface area (Å²) in [5.41, 5.74) is 0. The molecule has 2 N–H and O–H groups in total. The van der Waals surface area contributed by atoms with Gasteiger partial charge in [0.05, 0.1) is 11.5 Å². The van der Waals surface area contributed by atoms with Crippen LogP contribution in [0.4, 0.5) is 11.6 Å². The van der Waals surface area contributed by atoms with Crippen LogP contribution in [0.25, 0.3) is 0 Å². The molecule has 0 bridgehead atoms. The fourth-order valence-electron chi connectivity index (χ4n) is 2.14. The number of rotatable bonds is 6. The average molecular weight is 298 g/mol. The highest BCUT2D eigenvalue weighted by molar-refractivity contribution is 7.91. The summed E-state index contributed by atoms with van der Waals surface area (Å²) in [6, 6.07) is 1.78. The smallest absolute Gasteiger partial charge is 0.152 e. The maximum Gasteiger partial charge on any atom is 0.152 e. The molecule has 0 aromatic carbocycles. The van der Waals surface area contributed by atoms with E-state index in [0.29, 0.717) is 18.2 Å². The number of nitrogens with one attached hydrogen (secondary N) is 2. The van der Waals surface area contributed by atoms with Crippen LogP contribution < -0.4 is 10.6 Å². The van der Waals surface area contributed by atoms with Crippen molar-refractivity contribution in [3.63, 3.8) is 0 Å². The first kappa shape index (κ1) is 15.0.